The number of benzene rings is 1. The molecule has 2 N–H and O–H groups in total. The lowest BCUT2D eigenvalue weighted by molar-refractivity contribution is -0.118. The molecule has 1 saturated carbocycles. The van der Waals surface area contributed by atoms with Crippen molar-refractivity contribution in [2.45, 2.75) is 69.3 Å². The van der Waals surface area contributed by atoms with Crippen LogP contribution in [0.1, 0.15) is 67.5 Å². The Balaban J connectivity index is 1.66. The van der Waals surface area contributed by atoms with Gasteiger partial charge in [0.25, 0.3) is 0 Å². The van der Waals surface area contributed by atoms with Crippen LogP contribution in [0.15, 0.2) is 32.6 Å². The Morgan fingerprint density at radius 3 is 2.73 bits per heavy atom. The lowest BCUT2D eigenvalue weighted by atomic mass is 9.95. The van der Waals surface area contributed by atoms with Crippen LogP contribution in [0.2, 0.25) is 0 Å². The van der Waals surface area contributed by atoms with Gasteiger partial charge < -0.3 is 14.7 Å². The van der Waals surface area contributed by atoms with Crippen LogP contribution in [0.3, 0.4) is 0 Å². The zero-order valence-corrected chi connectivity index (χ0v) is 18.3. The Kier molecular flexibility index (Phi) is 5.69. The zero-order valence-electron chi connectivity index (χ0n) is 17.5. The molecule has 0 radical (unpaired) electrons. The largest absolute Gasteiger partial charge is 0.423 e. The SMILES string of the molecule is Cc1cc2oc(=O)cc(CSc3nnc(C4CC4)n3CCC(N)=O)c2cc1C(C)C. The predicted molar refractivity (Wildman–Crippen MR) is 117 cm³/mol. The minimum Gasteiger partial charge on any atom is -0.423 e. The lowest BCUT2D eigenvalue weighted by Crippen LogP contribution is -2.15. The second kappa shape index (κ2) is 8.26. The maximum Gasteiger partial charge on any atom is 0.336 e. The third kappa shape index (κ3) is 4.28. The van der Waals surface area contributed by atoms with E-state index in [9.17, 15) is 9.59 Å². The number of fused-ring (bicyclic) bond motifs is 1. The summed E-state index contributed by atoms with van der Waals surface area (Å²) in [5.41, 5.74) is 8.86. The molecule has 1 aliphatic rings. The summed E-state index contributed by atoms with van der Waals surface area (Å²) in [5.74, 6) is 1.93. The highest BCUT2D eigenvalue weighted by Crippen LogP contribution is 2.40. The Morgan fingerprint density at radius 1 is 1.30 bits per heavy atom. The molecular weight excluding hydrogens is 400 g/mol. The van der Waals surface area contributed by atoms with E-state index in [4.69, 9.17) is 10.2 Å². The van der Waals surface area contributed by atoms with E-state index in [1.54, 1.807) is 6.07 Å². The molecule has 0 aliphatic heterocycles. The molecule has 1 amide bonds. The molecule has 0 bridgehead atoms. The van der Waals surface area contributed by atoms with Gasteiger partial charge in [0.2, 0.25) is 5.91 Å². The van der Waals surface area contributed by atoms with E-state index in [0.29, 0.717) is 29.7 Å². The summed E-state index contributed by atoms with van der Waals surface area (Å²) in [6.45, 7) is 6.83. The number of amides is 1. The molecule has 4 rings (SSSR count). The van der Waals surface area contributed by atoms with E-state index >= 15 is 0 Å². The molecule has 1 aliphatic carbocycles. The van der Waals surface area contributed by atoms with Gasteiger partial charge in [0, 0.05) is 36.1 Å². The maximum atomic E-state index is 12.1. The fourth-order valence-corrected chi connectivity index (χ4v) is 4.72. The molecule has 1 fully saturated rings. The summed E-state index contributed by atoms with van der Waals surface area (Å²) in [4.78, 5) is 23.4. The van der Waals surface area contributed by atoms with Gasteiger partial charge in [-0.2, -0.15) is 0 Å². The Hall–Kier alpha value is -2.61. The van der Waals surface area contributed by atoms with Crippen LogP contribution in [0.25, 0.3) is 11.0 Å². The van der Waals surface area contributed by atoms with Gasteiger partial charge in [-0.25, -0.2) is 4.79 Å². The number of nitrogens with two attached hydrogens (primary N) is 1. The number of primary amides is 1. The molecule has 0 atom stereocenters. The summed E-state index contributed by atoms with van der Waals surface area (Å²) in [5, 5.41) is 10.4. The number of aryl methyl sites for hydroxylation is 1. The molecule has 0 saturated heterocycles. The fraction of sp³-hybridized carbons (Fsp3) is 0.455. The van der Waals surface area contributed by atoms with Gasteiger partial charge in [-0.3, -0.25) is 4.79 Å². The normalized spacial score (nSPS) is 14.0. The topological polar surface area (TPSA) is 104 Å². The average Bonchev–Trinajstić information content (AvgIpc) is 3.44. The average molecular weight is 427 g/mol. The van der Waals surface area contributed by atoms with E-state index in [2.05, 4.69) is 30.1 Å². The Labute approximate surface area is 179 Å². The predicted octanol–water partition coefficient (Wildman–Crippen LogP) is 3.86. The van der Waals surface area contributed by atoms with Gasteiger partial charge >= 0.3 is 5.63 Å². The molecule has 7 nitrogen and oxygen atoms in total. The summed E-state index contributed by atoms with van der Waals surface area (Å²) < 4.78 is 7.46. The summed E-state index contributed by atoms with van der Waals surface area (Å²) in [7, 11) is 0. The van der Waals surface area contributed by atoms with Gasteiger partial charge in [0.05, 0.1) is 0 Å². The summed E-state index contributed by atoms with van der Waals surface area (Å²) in [6, 6.07) is 5.63. The molecule has 0 spiro atoms. The number of carbonyl (C=O) groups is 1. The zero-order chi connectivity index (χ0) is 21.4. The minimum atomic E-state index is -0.358. The van der Waals surface area contributed by atoms with E-state index in [-0.39, 0.29) is 18.0 Å². The van der Waals surface area contributed by atoms with Crippen molar-refractivity contribution in [3.05, 3.63) is 51.1 Å². The van der Waals surface area contributed by atoms with Crippen molar-refractivity contribution in [2.24, 2.45) is 5.73 Å². The highest BCUT2D eigenvalue weighted by atomic mass is 32.2. The van der Waals surface area contributed by atoms with Crippen molar-refractivity contribution in [3.8, 4) is 0 Å². The molecule has 3 aromatic rings. The van der Waals surface area contributed by atoms with Crippen LogP contribution in [-0.2, 0) is 17.1 Å². The van der Waals surface area contributed by atoms with E-state index in [1.165, 1.54) is 17.3 Å². The van der Waals surface area contributed by atoms with Crippen LogP contribution in [0.5, 0.6) is 0 Å². The molecule has 8 heteroatoms. The van der Waals surface area contributed by atoms with Gasteiger partial charge in [0.1, 0.15) is 11.4 Å². The van der Waals surface area contributed by atoms with Crippen molar-refractivity contribution < 1.29 is 9.21 Å². The molecule has 1 aromatic carbocycles. The van der Waals surface area contributed by atoms with Crippen molar-refractivity contribution in [3.63, 3.8) is 0 Å². The monoisotopic (exact) mass is 426 g/mol. The van der Waals surface area contributed by atoms with Crippen LogP contribution in [-0.4, -0.2) is 20.7 Å². The van der Waals surface area contributed by atoms with Gasteiger partial charge in [-0.15, -0.1) is 10.2 Å². The molecule has 0 unspecified atom stereocenters. The second-order valence-corrected chi connectivity index (χ2v) is 9.16. The van der Waals surface area contributed by atoms with Crippen LogP contribution >= 0.6 is 11.8 Å². The third-order valence-corrected chi connectivity index (χ3v) is 6.48. The lowest BCUT2D eigenvalue weighted by Gasteiger charge is -2.13. The number of hydrogen-bond acceptors (Lipinski definition) is 6. The highest BCUT2D eigenvalue weighted by Gasteiger charge is 2.30. The van der Waals surface area contributed by atoms with Gasteiger partial charge in [-0.1, -0.05) is 25.6 Å². The Morgan fingerprint density at radius 2 is 2.07 bits per heavy atom. The number of aromatic nitrogens is 3. The number of carbonyl (C=O) groups excluding carboxylic acids is 1. The quantitative estimate of drug-likeness (QED) is 0.433. The van der Waals surface area contributed by atoms with Gasteiger partial charge in [0.15, 0.2) is 5.16 Å². The first-order valence-corrected chi connectivity index (χ1v) is 11.2. The third-order valence-electron chi connectivity index (χ3n) is 5.47. The Bertz CT molecular complexity index is 1160. The minimum absolute atomic E-state index is 0.250. The first-order valence-electron chi connectivity index (χ1n) is 10.2. The van der Waals surface area contributed by atoms with Crippen molar-refractivity contribution in [1.82, 2.24) is 14.8 Å². The van der Waals surface area contributed by atoms with Crippen molar-refractivity contribution in [1.29, 1.82) is 0 Å². The van der Waals surface area contributed by atoms with Crippen LogP contribution < -0.4 is 11.4 Å². The first kappa shape index (κ1) is 20.7. The smallest absolute Gasteiger partial charge is 0.336 e. The maximum absolute atomic E-state index is 12.1. The van der Waals surface area contributed by atoms with Crippen LogP contribution in [0, 0.1) is 6.92 Å². The van der Waals surface area contributed by atoms with Gasteiger partial charge in [-0.05, 0) is 54.5 Å². The number of rotatable bonds is 8. The molecule has 158 valence electrons. The van der Waals surface area contributed by atoms with Crippen molar-refractivity contribution in [2.75, 3.05) is 0 Å². The molecule has 2 aromatic heterocycles. The summed E-state index contributed by atoms with van der Waals surface area (Å²) >= 11 is 1.52. The van der Waals surface area contributed by atoms with Crippen LogP contribution in [0.4, 0.5) is 0 Å². The van der Waals surface area contributed by atoms with Crippen molar-refractivity contribution >= 4 is 28.6 Å². The fourth-order valence-electron chi connectivity index (χ4n) is 3.76. The highest BCUT2D eigenvalue weighted by molar-refractivity contribution is 7.98. The van der Waals surface area contributed by atoms with E-state index in [0.717, 1.165) is 40.3 Å². The van der Waals surface area contributed by atoms with E-state index < -0.39 is 0 Å². The molecular formula is C22H26N4O3S. The molecule has 30 heavy (non-hydrogen) atoms. The molecule has 2 heterocycles. The summed E-state index contributed by atoms with van der Waals surface area (Å²) in [6.07, 6.45) is 2.45. The second-order valence-electron chi connectivity index (χ2n) is 8.22. The first-order chi connectivity index (χ1) is 14.3. The number of thioether (sulfide) groups is 1. The standard InChI is InChI=1S/C22H26N4O3S/c1-12(2)16-10-17-15(9-20(28)29-18(17)8-13(16)3)11-30-22-25-24-21(14-4-5-14)26(22)7-6-19(23)27/h8-10,12,14H,4-7,11H2,1-3H3,(H2,23,27). The number of nitrogens with zero attached hydrogens (tertiary/aromatic N) is 3. The number of hydrogen-bond donors (Lipinski definition) is 1. The van der Waals surface area contributed by atoms with E-state index in [1.807, 2.05) is 17.6 Å².